The van der Waals surface area contributed by atoms with Crippen LogP contribution in [-0.4, -0.2) is 0 Å². The van der Waals surface area contributed by atoms with E-state index < -0.39 is 0 Å². The van der Waals surface area contributed by atoms with Crippen molar-refractivity contribution in [2.75, 3.05) is 0 Å². The summed E-state index contributed by atoms with van der Waals surface area (Å²) in [4.78, 5) is 0. The Morgan fingerprint density at radius 3 is 1.59 bits per heavy atom. The summed E-state index contributed by atoms with van der Waals surface area (Å²) in [5.74, 6) is 0. The van der Waals surface area contributed by atoms with Crippen LogP contribution in [0.2, 0.25) is 0 Å². The molecule has 0 aliphatic rings. The van der Waals surface area contributed by atoms with Crippen molar-refractivity contribution in [3.63, 3.8) is 0 Å². The molecule has 0 saturated carbocycles. The van der Waals surface area contributed by atoms with Crippen molar-refractivity contribution in [2.45, 2.75) is 48.5 Å². The van der Waals surface area contributed by atoms with Crippen LogP contribution in [0.1, 0.15) is 52.7 Å². The second-order valence-electron chi connectivity index (χ2n) is 2.45. The highest BCUT2D eigenvalue weighted by molar-refractivity contribution is 7.83. The first-order valence-electron chi connectivity index (χ1n) is 6.41. The van der Waals surface area contributed by atoms with E-state index in [1.54, 1.807) is 5.41 Å². The number of aryl methyl sites for hydroxylation is 1. The summed E-state index contributed by atoms with van der Waals surface area (Å²) < 4.78 is 0. The molecule has 0 saturated heterocycles. The van der Waals surface area contributed by atoms with Crippen molar-refractivity contribution in [1.82, 2.24) is 0 Å². The van der Waals surface area contributed by atoms with Crippen molar-refractivity contribution in [3.8, 4) is 0 Å². The van der Waals surface area contributed by atoms with Crippen LogP contribution < -0.4 is 5.73 Å². The van der Waals surface area contributed by atoms with Gasteiger partial charge in [-0.05, 0) is 17.9 Å². The van der Waals surface area contributed by atoms with Crippen LogP contribution in [0.4, 0.5) is 0 Å². The maximum absolute atomic E-state index is 5.63. The third-order valence-electron chi connectivity index (χ3n) is 1.52. The fraction of sp³-hybridized carbons (Fsp3) is 0.467. The lowest BCUT2D eigenvalue weighted by molar-refractivity contribution is 1.43. The monoisotopic (exact) mass is 255 g/mol. The molecule has 0 radical (unpaired) electrons. The first-order chi connectivity index (χ1) is 8.24. The number of hydrogen-bond donors (Lipinski definition) is 2. The predicted molar refractivity (Wildman–Crippen MR) is 86.4 cm³/mol. The quantitative estimate of drug-likeness (QED) is 0.658. The van der Waals surface area contributed by atoms with Crippen LogP contribution in [0.25, 0.3) is 5.70 Å². The zero-order valence-corrected chi connectivity index (χ0v) is 13.3. The third kappa shape index (κ3) is 11.4. The lowest BCUT2D eigenvalue weighted by Gasteiger charge is -1.99. The summed E-state index contributed by atoms with van der Waals surface area (Å²) >= 11 is 3.97. The molecule has 2 N–H and O–H groups in total. The van der Waals surface area contributed by atoms with Crippen molar-refractivity contribution >= 4 is 18.3 Å². The van der Waals surface area contributed by atoms with Crippen LogP contribution in [0.5, 0.6) is 0 Å². The highest BCUT2D eigenvalue weighted by Crippen LogP contribution is 2.10. The molecule has 17 heavy (non-hydrogen) atoms. The van der Waals surface area contributed by atoms with Crippen LogP contribution in [0, 0.1) is 6.92 Å². The summed E-state index contributed by atoms with van der Waals surface area (Å²) in [6.07, 6.45) is 0. The van der Waals surface area contributed by atoms with Gasteiger partial charge in [0.1, 0.15) is 0 Å². The highest BCUT2D eigenvalue weighted by atomic mass is 32.1. The van der Waals surface area contributed by atoms with Gasteiger partial charge in [-0.1, -0.05) is 71.4 Å². The van der Waals surface area contributed by atoms with E-state index in [1.165, 1.54) is 5.56 Å². The maximum Gasteiger partial charge on any atom is 0.0449 e. The first-order valence-corrected chi connectivity index (χ1v) is 6.92. The number of nitrogens with two attached hydrogens (primary N) is 1. The summed E-state index contributed by atoms with van der Waals surface area (Å²) in [6.45, 7) is 14.0. The number of benzene rings is 1. The molecule has 0 aliphatic heterocycles. The molecule has 2 heteroatoms. The maximum atomic E-state index is 5.63. The molecule has 0 aliphatic carbocycles. The van der Waals surface area contributed by atoms with Gasteiger partial charge < -0.3 is 5.73 Å². The molecule has 0 bridgehead atoms. The van der Waals surface area contributed by atoms with Crippen LogP contribution in [0.3, 0.4) is 0 Å². The standard InChI is InChI=1S/C9H11NS.3C2H6/c1-7-2-4-8(5-3-7)9(10)6-11;3*1-2/h2-6,11H,10H2,1H3;3*1-2H3/b9-6-;;;. The molecule has 0 aromatic heterocycles. The van der Waals surface area contributed by atoms with E-state index in [9.17, 15) is 0 Å². The molecule has 1 rings (SSSR count). The van der Waals surface area contributed by atoms with Gasteiger partial charge >= 0.3 is 0 Å². The largest absolute Gasteiger partial charge is 0.398 e. The zero-order chi connectivity index (χ0) is 14.3. The van der Waals surface area contributed by atoms with Crippen molar-refractivity contribution in [1.29, 1.82) is 0 Å². The molecule has 1 aromatic rings. The summed E-state index contributed by atoms with van der Waals surface area (Å²) in [6, 6.07) is 8.02. The zero-order valence-electron chi connectivity index (χ0n) is 12.4. The normalized spacial score (nSPS) is 8.59. The molecule has 1 aromatic carbocycles. The SMILES string of the molecule is CC.CC.CC.Cc1ccc(/C(N)=C/S)cc1. The number of thiol groups is 1. The van der Waals surface area contributed by atoms with E-state index in [-0.39, 0.29) is 0 Å². The number of hydrogen-bond acceptors (Lipinski definition) is 2. The Hall–Kier alpha value is -0.890. The van der Waals surface area contributed by atoms with Crippen molar-refractivity contribution in [2.24, 2.45) is 5.73 Å². The minimum atomic E-state index is 0.702. The predicted octanol–water partition coefficient (Wildman–Crippen LogP) is 5.26. The lowest BCUT2D eigenvalue weighted by atomic mass is 10.1. The molecular weight excluding hydrogens is 226 g/mol. The van der Waals surface area contributed by atoms with Gasteiger partial charge in [-0.2, -0.15) is 0 Å². The Balaban J connectivity index is -0.000000285. The van der Waals surface area contributed by atoms with Crippen LogP contribution >= 0.6 is 12.6 Å². The Labute approximate surface area is 114 Å². The first kappa shape index (κ1) is 21.4. The van der Waals surface area contributed by atoms with E-state index in [4.69, 9.17) is 5.73 Å². The lowest BCUT2D eigenvalue weighted by Crippen LogP contribution is -1.94. The third-order valence-corrected chi connectivity index (χ3v) is 1.80. The summed E-state index contributed by atoms with van der Waals surface area (Å²) in [5, 5.41) is 1.60. The second-order valence-corrected chi connectivity index (χ2v) is 2.71. The summed E-state index contributed by atoms with van der Waals surface area (Å²) in [7, 11) is 0. The Bertz CT molecular complexity index is 263. The van der Waals surface area contributed by atoms with Gasteiger partial charge in [0.05, 0.1) is 0 Å². The minimum Gasteiger partial charge on any atom is -0.398 e. The van der Waals surface area contributed by atoms with Crippen LogP contribution in [-0.2, 0) is 0 Å². The molecule has 0 heterocycles. The fourth-order valence-corrected chi connectivity index (χ4v) is 0.970. The topological polar surface area (TPSA) is 26.0 Å². The van der Waals surface area contributed by atoms with Gasteiger partial charge in [-0.3, -0.25) is 0 Å². The van der Waals surface area contributed by atoms with E-state index in [1.807, 2.05) is 72.7 Å². The molecule has 0 atom stereocenters. The number of rotatable bonds is 1. The Morgan fingerprint density at radius 2 is 1.29 bits per heavy atom. The Morgan fingerprint density at radius 1 is 0.941 bits per heavy atom. The minimum absolute atomic E-state index is 0.702. The van der Waals surface area contributed by atoms with Crippen molar-refractivity contribution < 1.29 is 0 Å². The van der Waals surface area contributed by atoms with E-state index in [2.05, 4.69) is 12.6 Å². The molecule has 0 spiro atoms. The van der Waals surface area contributed by atoms with Gasteiger partial charge in [-0.25, -0.2) is 0 Å². The summed E-state index contributed by atoms with van der Waals surface area (Å²) in [5.41, 5.74) is 8.59. The van der Waals surface area contributed by atoms with Gasteiger partial charge in [0.15, 0.2) is 0 Å². The van der Waals surface area contributed by atoms with Gasteiger partial charge in [0.25, 0.3) is 0 Å². The van der Waals surface area contributed by atoms with E-state index in [0.717, 1.165) is 5.56 Å². The van der Waals surface area contributed by atoms with Crippen LogP contribution in [0.15, 0.2) is 29.7 Å². The molecule has 0 unspecified atom stereocenters. The average molecular weight is 255 g/mol. The Kier molecular flexibility index (Phi) is 22.0. The highest BCUT2D eigenvalue weighted by Gasteiger charge is 1.92. The molecule has 0 fully saturated rings. The van der Waals surface area contributed by atoms with Gasteiger partial charge in [0, 0.05) is 5.70 Å². The molecular formula is C15H29NS. The molecule has 100 valence electrons. The van der Waals surface area contributed by atoms with E-state index >= 15 is 0 Å². The van der Waals surface area contributed by atoms with Gasteiger partial charge in [-0.15, -0.1) is 12.6 Å². The van der Waals surface area contributed by atoms with Gasteiger partial charge in [0.2, 0.25) is 0 Å². The fourth-order valence-electron chi connectivity index (χ4n) is 0.821. The molecule has 0 amide bonds. The average Bonchev–Trinajstić information content (AvgIpc) is 2.45. The van der Waals surface area contributed by atoms with Crippen molar-refractivity contribution in [3.05, 3.63) is 40.8 Å². The van der Waals surface area contributed by atoms with E-state index in [0.29, 0.717) is 5.70 Å². The smallest absolute Gasteiger partial charge is 0.0449 e. The second kappa shape index (κ2) is 17.5. The molecule has 1 nitrogen and oxygen atoms in total.